The van der Waals surface area contributed by atoms with Gasteiger partial charge in [0.25, 0.3) is 0 Å². The fraction of sp³-hybridized carbons (Fsp3) is 0.381. The van der Waals surface area contributed by atoms with Crippen LogP contribution in [0, 0.1) is 11.2 Å². The summed E-state index contributed by atoms with van der Waals surface area (Å²) in [6, 6.07) is 9.99. The summed E-state index contributed by atoms with van der Waals surface area (Å²) in [5.41, 5.74) is 0.716. The van der Waals surface area contributed by atoms with Crippen molar-refractivity contribution >= 4 is 17.5 Å². The van der Waals surface area contributed by atoms with Crippen molar-refractivity contribution in [2.24, 2.45) is 5.41 Å². The molecule has 1 saturated heterocycles. The minimum absolute atomic E-state index is 0.182. The summed E-state index contributed by atoms with van der Waals surface area (Å²) >= 11 is 0. The number of nitrogens with zero attached hydrogens (tertiary/aromatic N) is 3. The van der Waals surface area contributed by atoms with Gasteiger partial charge in [-0.15, -0.1) is 0 Å². The highest BCUT2D eigenvalue weighted by Crippen LogP contribution is 2.23. The highest BCUT2D eigenvalue weighted by atomic mass is 19.1. The van der Waals surface area contributed by atoms with Crippen molar-refractivity contribution in [2.45, 2.75) is 20.4 Å². The van der Waals surface area contributed by atoms with Gasteiger partial charge in [-0.3, -0.25) is 14.6 Å². The molecule has 0 spiro atoms. The van der Waals surface area contributed by atoms with E-state index in [0.29, 0.717) is 32.7 Å². The molecule has 1 aliphatic rings. The average Bonchev–Trinajstić information content (AvgIpc) is 2.73. The molecule has 2 heterocycles. The van der Waals surface area contributed by atoms with Crippen molar-refractivity contribution in [2.75, 3.05) is 31.1 Å². The van der Waals surface area contributed by atoms with Crippen LogP contribution in [0.4, 0.5) is 10.1 Å². The van der Waals surface area contributed by atoms with Gasteiger partial charge in [0.05, 0.1) is 0 Å². The molecule has 0 radical (unpaired) electrons. The molecule has 0 saturated carbocycles. The van der Waals surface area contributed by atoms with E-state index in [2.05, 4.69) is 15.2 Å². The number of amides is 2. The van der Waals surface area contributed by atoms with E-state index in [-0.39, 0.29) is 17.6 Å². The van der Waals surface area contributed by atoms with Crippen LogP contribution in [0.25, 0.3) is 0 Å². The maximum atomic E-state index is 13.1. The Morgan fingerprint density at radius 3 is 2.25 bits per heavy atom. The number of hydrogen-bond donors (Lipinski definition) is 1. The number of aromatic nitrogens is 1. The molecule has 1 fully saturated rings. The first-order valence-electron chi connectivity index (χ1n) is 9.35. The smallest absolute Gasteiger partial charge is 0.237 e. The highest BCUT2D eigenvalue weighted by molar-refractivity contribution is 6.04. The molecular formula is C21H25FN4O2. The molecule has 0 atom stereocenters. The first-order chi connectivity index (χ1) is 13.4. The van der Waals surface area contributed by atoms with Crippen LogP contribution in [-0.2, 0) is 16.1 Å². The molecule has 1 aliphatic heterocycles. The molecule has 2 amide bonds. The standard InChI is InChI=1S/C21H25FN4O2/c1-21(2,19(27)24-15-16-7-9-23-10-8-16)20(28)26-13-11-25(12-14-26)18-5-3-17(22)4-6-18/h3-10H,11-15H2,1-2H3,(H,24,27). The van der Waals surface area contributed by atoms with Crippen LogP contribution in [0.15, 0.2) is 48.8 Å². The van der Waals surface area contributed by atoms with E-state index in [1.165, 1.54) is 12.1 Å². The zero-order valence-corrected chi connectivity index (χ0v) is 16.2. The van der Waals surface area contributed by atoms with Crippen molar-refractivity contribution in [1.82, 2.24) is 15.2 Å². The number of hydrogen-bond acceptors (Lipinski definition) is 4. The van der Waals surface area contributed by atoms with Crippen LogP contribution >= 0.6 is 0 Å². The van der Waals surface area contributed by atoms with E-state index in [9.17, 15) is 14.0 Å². The highest BCUT2D eigenvalue weighted by Gasteiger charge is 2.39. The van der Waals surface area contributed by atoms with Crippen LogP contribution < -0.4 is 10.2 Å². The van der Waals surface area contributed by atoms with Gasteiger partial charge in [0.1, 0.15) is 11.2 Å². The van der Waals surface area contributed by atoms with E-state index in [1.54, 1.807) is 43.3 Å². The van der Waals surface area contributed by atoms with Gasteiger partial charge in [-0.1, -0.05) is 0 Å². The Labute approximate surface area is 164 Å². The fourth-order valence-electron chi connectivity index (χ4n) is 3.22. The molecule has 7 heteroatoms. The molecule has 2 aromatic rings. The van der Waals surface area contributed by atoms with Crippen LogP contribution in [0.3, 0.4) is 0 Å². The SMILES string of the molecule is CC(C)(C(=O)NCc1ccncc1)C(=O)N1CCN(c2ccc(F)cc2)CC1. The predicted octanol–water partition coefficient (Wildman–Crippen LogP) is 2.21. The second-order valence-electron chi connectivity index (χ2n) is 7.42. The number of halogens is 1. The lowest BCUT2D eigenvalue weighted by molar-refractivity contribution is -0.148. The normalized spacial score (nSPS) is 14.7. The number of anilines is 1. The molecule has 0 bridgehead atoms. The first-order valence-corrected chi connectivity index (χ1v) is 9.35. The van der Waals surface area contributed by atoms with Crippen molar-refractivity contribution in [3.63, 3.8) is 0 Å². The lowest BCUT2D eigenvalue weighted by Gasteiger charge is -2.39. The molecule has 148 valence electrons. The zero-order valence-electron chi connectivity index (χ0n) is 16.2. The van der Waals surface area contributed by atoms with Gasteiger partial charge in [-0.05, 0) is 55.8 Å². The topological polar surface area (TPSA) is 65.5 Å². The lowest BCUT2D eigenvalue weighted by Crippen LogP contribution is -2.55. The second kappa shape index (κ2) is 8.37. The first kappa shape index (κ1) is 19.8. The largest absolute Gasteiger partial charge is 0.368 e. The van der Waals surface area contributed by atoms with Crippen LogP contribution in [0.2, 0.25) is 0 Å². The van der Waals surface area contributed by atoms with E-state index in [4.69, 9.17) is 0 Å². The Balaban J connectivity index is 1.55. The third-order valence-electron chi connectivity index (χ3n) is 5.06. The minimum Gasteiger partial charge on any atom is -0.368 e. The Hall–Kier alpha value is -2.96. The summed E-state index contributed by atoms with van der Waals surface area (Å²) in [5, 5.41) is 2.84. The summed E-state index contributed by atoms with van der Waals surface area (Å²) in [5.74, 6) is -0.745. The quantitative estimate of drug-likeness (QED) is 0.803. The number of rotatable bonds is 5. The maximum Gasteiger partial charge on any atom is 0.237 e. The molecule has 1 aromatic carbocycles. The number of piperazine rings is 1. The van der Waals surface area contributed by atoms with Gasteiger partial charge in [-0.25, -0.2) is 4.39 Å². The Morgan fingerprint density at radius 2 is 1.64 bits per heavy atom. The van der Waals surface area contributed by atoms with E-state index in [0.717, 1.165) is 11.3 Å². The molecule has 3 rings (SSSR count). The van der Waals surface area contributed by atoms with Gasteiger partial charge in [-0.2, -0.15) is 0 Å². The van der Waals surface area contributed by atoms with Crippen molar-refractivity contribution in [1.29, 1.82) is 0 Å². The summed E-state index contributed by atoms with van der Waals surface area (Å²) in [4.78, 5) is 33.4. The average molecular weight is 384 g/mol. The molecule has 1 aromatic heterocycles. The van der Waals surface area contributed by atoms with Gasteiger partial charge >= 0.3 is 0 Å². The zero-order chi connectivity index (χ0) is 20.1. The molecule has 0 unspecified atom stereocenters. The fourth-order valence-corrected chi connectivity index (χ4v) is 3.22. The number of carbonyl (C=O) groups is 2. The van der Waals surface area contributed by atoms with E-state index in [1.807, 2.05) is 12.1 Å². The van der Waals surface area contributed by atoms with Crippen LogP contribution in [0.1, 0.15) is 19.4 Å². The summed E-state index contributed by atoms with van der Waals surface area (Å²) in [7, 11) is 0. The molecule has 6 nitrogen and oxygen atoms in total. The lowest BCUT2D eigenvalue weighted by atomic mass is 9.90. The Morgan fingerprint density at radius 1 is 1.04 bits per heavy atom. The number of benzene rings is 1. The molecular weight excluding hydrogens is 359 g/mol. The molecule has 28 heavy (non-hydrogen) atoms. The van der Waals surface area contributed by atoms with Crippen molar-refractivity contribution in [3.05, 3.63) is 60.2 Å². The Bertz CT molecular complexity index is 816. The number of nitrogens with one attached hydrogen (secondary N) is 1. The van der Waals surface area contributed by atoms with Crippen molar-refractivity contribution < 1.29 is 14.0 Å². The molecule has 1 N–H and O–H groups in total. The Kier molecular flexibility index (Phi) is 5.92. The summed E-state index contributed by atoms with van der Waals surface area (Å²) in [6.45, 7) is 6.01. The molecule has 0 aliphatic carbocycles. The summed E-state index contributed by atoms with van der Waals surface area (Å²) < 4.78 is 13.1. The maximum absolute atomic E-state index is 13.1. The van der Waals surface area contributed by atoms with Gasteiger partial charge in [0, 0.05) is 50.8 Å². The van der Waals surface area contributed by atoms with Crippen molar-refractivity contribution in [3.8, 4) is 0 Å². The minimum atomic E-state index is -1.15. The van der Waals surface area contributed by atoms with Crippen LogP contribution in [0.5, 0.6) is 0 Å². The summed E-state index contributed by atoms with van der Waals surface area (Å²) in [6.07, 6.45) is 3.33. The second-order valence-corrected chi connectivity index (χ2v) is 7.42. The number of carbonyl (C=O) groups excluding carboxylic acids is 2. The van der Waals surface area contributed by atoms with E-state index < -0.39 is 5.41 Å². The predicted molar refractivity (Wildman–Crippen MR) is 105 cm³/mol. The van der Waals surface area contributed by atoms with E-state index >= 15 is 0 Å². The number of pyridine rings is 1. The third kappa shape index (κ3) is 4.47. The van der Waals surface area contributed by atoms with Gasteiger partial charge in [0.15, 0.2) is 0 Å². The van der Waals surface area contributed by atoms with Gasteiger partial charge in [0.2, 0.25) is 11.8 Å². The third-order valence-corrected chi connectivity index (χ3v) is 5.06. The van der Waals surface area contributed by atoms with Gasteiger partial charge < -0.3 is 15.1 Å². The monoisotopic (exact) mass is 384 g/mol. The van der Waals surface area contributed by atoms with Crippen LogP contribution in [-0.4, -0.2) is 47.9 Å².